The number of hydrogen-bond acceptors (Lipinski definition) is 4. The van der Waals surface area contributed by atoms with Crippen molar-refractivity contribution in [3.63, 3.8) is 0 Å². The number of unbranched alkanes of at least 4 members (excludes halogenated alkanes) is 1. The van der Waals surface area contributed by atoms with Gasteiger partial charge in [0.25, 0.3) is 0 Å². The molecule has 0 spiro atoms. The number of nitrogens with one attached hydrogen (secondary N) is 1. The van der Waals surface area contributed by atoms with Crippen molar-refractivity contribution in [2.75, 3.05) is 5.32 Å². The largest absolute Gasteiger partial charge is 0.325 e. The molecule has 1 heterocycles. The molecule has 1 aromatic heterocycles. The van der Waals surface area contributed by atoms with Crippen molar-refractivity contribution in [3.8, 4) is 6.07 Å². The lowest BCUT2D eigenvalue weighted by molar-refractivity contribution is -0.115. The first-order chi connectivity index (χ1) is 12.6. The van der Waals surface area contributed by atoms with Gasteiger partial charge in [-0.3, -0.25) is 4.79 Å². The van der Waals surface area contributed by atoms with Crippen LogP contribution in [0.1, 0.15) is 44.4 Å². The number of halogens is 1. The summed E-state index contributed by atoms with van der Waals surface area (Å²) in [5.74, 6) is -0.107. The predicted molar refractivity (Wildman–Crippen MR) is 108 cm³/mol. The van der Waals surface area contributed by atoms with E-state index in [1.54, 1.807) is 30.3 Å². The fourth-order valence-corrected chi connectivity index (χ4v) is 3.50. The Morgan fingerprint density at radius 3 is 2.62 bits per heavy atom. The topological polar surface area (TPSA) is 65.8 Å². The lowest BCUT2D eigenvalue weighted by Gasteiger charge is -2.15. The van der Waals surface area contributed by atoms with Crippen molar-refractivity contribution in [1.29, 1.82) is 5.26 Å². The van der Waals surface area contributed by atoms with Crippen LogP contribution in [0.15, 0.2) is 41.4 Å². The van der Waals surface area contributed by atoms with E-state index in [4.69, 9.17) is 11.6 Å². The van der Waals surface area contributed by atoms with Gasteiger partial charge in [0.1, 0.15) is 11.1 Å². The van der Waals surface area contributed by atoms with E-state index in [0.29, 0.717) is 27.7 Å². The van der Waals surface area contributed by atoms with E-state index < -0.39 is 0 Å². The van der Waals surface area contributed by atoms with E-state index in [1.807, 2.05) is 13.0 Å². The van der Waals surface area contributed by atoms with Crippen molar-refractivity contribution >= 4 is 35.0 Å². The number of thioether (sulfide) groups is 1. The third kappa shape index (κ3) is 5.76. The van der Waals surface area contributed by atoms with Gasteiger partial charge in [-0.2, -0.15) is 5.26 Å². The van der Waals surface area contributed by atoms with Crippen LogP contribution < -0.4 is 5.32 Å². The Bertz CT molecular complexity index is 787. The molecule has 1 atom stereocenters. The molecular formula is C20H22ClN3OS. The molecule has 0 aliphatic heterocycles. The van der Waals surface area contributed by atoms with Crippen LogP contribution in [0.5, 0.6) is 0 Å². The first-order valence-electron chi connectivity index (χ1n) is 8.70. The van der Waals surface area contributed by atoms with Gasteiger partial charge in [0.05, 0.1) is 10.8 Å². The maximum absolute atomic E-state index is 12.6. The molecule has 0 aliphatic carbocycles. The highest BCUT2D eigenvalue weighted by atomic mass is 35.5. The molecule has 0 fully saturated rings. The van der Waals surface area contributed by atoms with E-state index in [0.717, 1.165) is 25.0 Å². The molecular weight excluding hydrogens is 366 g/mol. The number of nitrogens with zero attached hydrogens (tertiary/aromatic N) is 2. The maximum atomic E-state index is 12.6. The molecule has 136 valence electrons. The van der Waals surface area contributed by atoms with Gasteiger partial charge in [0.2, 0.25) is 5.91 Å². The number of aromatic nitrogens is 1. The molecule has 2 rings (SSSR count). The highest BCUT2D eigenvalue weighted by molar-refractivity contribution is 8.00. The fourth-order valence-electron chi connectivity index (χ4n) is 2.36. The van der Waals surface area contributed by atoms with Gasteiger partial charge >= 0.3 is 0 Å². The van der Waals surface area contributed by atoms with Crippen LogP contribution in [0.4, 0.5) is 5.69 Å². The van der Waals surface area contributed by atoms with E-state index in [9.17, 15) is 10.1 Å². The van der Waals surface area contributed by atoms with Crippen LogP contribution >= 0.6 is 23.4 Å². The van der Waals surface area contributed by atoms with E-state index in [1.165, 1.54) is 11.8 Å². The standard InChI is InChI=1S/C20H22ClN3OS/c1-3-5-6-16-10-7-14(13-22)20(24-16)26-18(4-2)19(25)23-17-11-8-15(21)9-12-17/h7-12,18H,3-6H2,1-2H3,(H,23,25). The molecule has 1 amide bonds. The number of pyridine rings is 1. The Hall–Kier alpha value is -2.03. The van der Waals surface area contributed by atoms with Crippen LogP contribution in [0.3, 0.4) is 0 Å². The SMILES string of the molecule is CCCCc1ccc(C#N)c(SC(CC)C(=O)Nc2ccc(Cl)cc2)n1. The zero-order valence-electron chi connectivity index (χ0n) is 15.0. The van der Waals surface area contributed by atoms with Crippen molar-refractivity contribution in [3.05, 3.63) is 52.7 Å². The summed E-state index contributed by atoms with van der Waals surface area (Å²) < 4.78 is 0. The fraction of sp³-hybridized carbons (Fsp3) is 0.350. The normalized spacial score (nSPS) is 11.6. The lowest BCUT2D eigenvalue weighted by atomic mass is 10.2. The Kier molecular flexibility index (Phi) is 7.96. The predicted octanol–water partition coefficient (Wildman–Crippen LogP) is 5.46. The van der Waals surface area contributed by atoms with E-state index in [-0.39, 0.29) is 11.2 Å². The van der Waals surface area contributed by atoms with Crippen molar-refractivity contribution in [1.82, 2.24) is 4.98 Å². The van der Waals surface area contributed by atoms with E-state index in [2.05, 4.69) is 23.3 Å². The number of carbonyl (C=O) groups excluding carboxylic acids is 1. The van der Waals surface area contributed by atoms with Crippen LogP contribution in [0, 0.1) is 11.3 Å². The third-order valence-electron chi connectivity index (χ3n) is 3.85. The Morgan fingerprint density at radius 2 is 2.00 bits per heavy atom. The average Bonchev–Trinajstić information content (AvgIpc) is 2.66. The Balaban J connectivity index is 2.13. The monoisotopic (exact) mass is 387 g/mol. The number of hydrogen-bond donors (Lipinski definition) is 1. The van der Waals surface area contributed by atoms with Crippen LogP contribution in [0.2, 0.25) is 5.02 Å². The summed E-state index contributed by atoms with van der Waals surface area (Å²) in [5, 5.41) is 13.2. The van der Waals surface area contributed by atoms with Gasteiger partial charge in [0, 0.05) is 16.4 Å². The molecule has 1 N–H and O–H groups in total. The summed E-state index contributed by atoms with van der Waals surface area (Å²) >= 11 is 7.22. The van der Waals surface area contributed by atoms with Gasteiger partial charge in [-0.1, -0.05) is 43.6 Å². The summed E-state index contributed by atoms with van der Waals surface area (Å²) in [4.78, 5) is 17.2. The molecule has 4 nitrogen and oxygen atoms in total. The Morgan fingerprint density at radius 1 is 1.27 bits per heavy atom. The molecule has 0 radical (unpaired) electrons. The summed E-state index contributed by atoms with van der Waals surface area (Å²) in [5.41, 5.74) is 2.16. The van der Waals surface area contributed by atoms with Crippen molar-refractivity contribution in [2.24, 2.45) is 0 Å². The molecule has 1 aromatic carbocycles. The van der Waals surface area contributed by atoms with E-state index >= 15 is 0 Å². The molecule has 0 bridgehead atoms. The first-order valence-corrected chi connectivity index (χ1v) is 9.96. The van der Waals surface area contributed by atoms with Gasteiger partial charge in [-0.05, 0) is 55.7 Å². The van der Waals surface area contributed by atoms with Gasteiger partial charge in [-0.25, -0.2) is 4.98 Å². The van der Waals surface area contributed by atoms with Gasteiger partial charge in [-0.15, -0.1) is 0 Å². The number of carbonyl (C=O) groups is 1. The Labute approximate surface area is 164 Å². The molecule has 2 aromatic rings. The summed E-state index contributed by atoms with van der Waals surface area (Å²) in [7, 11) is 0. The summed E-state index contributed by atoms with van der Waals surface area (Å²) in [6.45, 7) is 4.08. The zero-order valence-corrected chi connectivity index (χ0v) is 16.5. The minimum atomic E-state index is -0.327. The van der Waals surface area contributed by atoms with Gasteiger partial charge < -0.3 is 5.32 Å². The zero-order chi connectivity index (χ0) is 18.9. The van der Waals surface area contributed by atoms with Crippen LogP contribution in [-0.4, -0.2) is 16.1 Å². The quantitative estimate of drug-likeness (QED) is 0.611. The molecule has 0 aliphatic rings. The third-order valence-corrected chi connectivity index (χ3v) is 5.47. The number of aryl methyl sites for hydroxylation is 1. The molecule has 1 unspecified atom stereocenters. The number of anilines is 1. The second-order valence-electron chi connectivity index (χ2n) is 5.88. The molecule has 0 saturated heterocycles. The minimum absolute atomic E-state index is 0.107. The first kappa shape index (κ1) is 20.3. The van der Waals surface area contributed by atoms with Crippen LogP contribution in [0.25, 0.3) is 0 Å². The van der Waals surface area contributed by atoms with Crippen LogP contribution in [-0.2, 0) is 11.2 Å². The summed E-state index contributed by atoms with van der Waals surface area (Å²) in [6.07, 6.45) is 3.65. The average molecular weight is 388 g/mol. The molecule has 6 heteroatoms. The number of amides is 1. The smallest absolute Gasteiger partial charge is 0.237 e. The summed E-state index contributed by atoms with van der Waals surface area (Å²) in [6, 6.07) is 12.9. The highest BCUT2D eigenvalue weighted by Gasteiger charge is 2.21. The van der Waals surface area contributed by atoms with Crippen molar-refractivity contribution < 1.29 is 4.79 Å². The minimum Gasteiger partial charge on any atom is -0.325 e. The van der Waals surface area contributed by atoms with Crippen molar-refractivity contribution in [2.45, 2.75) is 49.8 Å². The highest BCUT2D eigenvalue weighted by Crippen LogP contribution is 2.28. The number of nitriles is 1. The van der Waals surface area contributed by atoms with Gasteiger partial charge in [0.15, 0.2) is 0 Å². The molecule has 26 heavy (non-hydrogen) atoms. The maximum Gasteiger partial charge on any atom is 0.237 e. The lowest BCUT2D eigenvalue weighted by Crippen LogP contribution is -2.24. The number of benzene rings is 1. The second-order valence-corrected chi connectivity index (χ2v) is 7.51. The molecule has 0 saturated carbocycles. The second kappa shape index (κ2) is 10.2. The number of rotatable bonds is 8.